The van der Waals surface area contributed by atoms with Crippen molar-refractivity contribution in [1.82, 2.24) is 9.78 Å². The maximum absolute atomic E-state index is 13.3. The van der Waals surface area contributed by atoms with Crippen molar-refractivity contribution in [3.63, 3.8) is 0 Å². The van der Waals surface area contributed by atoms with Gasteiger partial charge in [-0.3, -0.25) is 9.59 Å². The molecule has 0 atom stereocenters. The lowest BCUT2D eigenvalue weighted by molar-refractivity contribution is -0.118. The Bertz CT molecular complexity index is 1330. The Hall–Kier alpha value is -4.39. The average molecular weight is 424 g/mol. The van der Waals surface area contributed by atoms with Gasteiger partial charge in [-0.2, -0.15) is 5.10 Å². The first-order chi connectivity index (χ1) is 15.6. The highest BCUT2D eigenvalue weighted by Crippen LogP contribution is 2.32. The van der Waals surface area contributed by atoms with E-state index in [2.05, 4.69) is 10.6 Å². The smallest absolute Gasteiger partial charge is 0.262 e. The molecule has 0 radical (unpaired) electrons. The number of aromatic nitrogens is 2. The number of hydrogen-bond acceptors (Lipinski definition) is 4. The van der Waals surface area contributed by atoms with Crippen LogP contribution in [0.5, 0.6) is 5.75 Å². The Morgan fingerprint density at radius 2 is 1.84 bits per heavy atom. The number of para-hydroxylation sites is 1. The third-order valence-corrected chi connectivity index (χ3v) is 5.25. The zero-order valence-electron chi connectivity index (χ0n) is 17.3. The van der Waals surface area contributed by atoms with Gasteiger partial charge >= 0.3 is 0 Å². The van der Waals surface area contributed by atoms with Crippen LogP contribution >= 0.6 is 0 Å². The third-order valence-electron chi connectivity index (χ3n) is 5.25. The van der Waals surface area contributed by atoms with Crippen LogP contribution in [0.15, 0.2) is 79.0 Å². The van der Waals surface area contributed by atoms with Crippen molar-refractivity contribution in [2.24, 2.45) is 0 Å². The second kappa shape index (κ2) is 8.03. The SMILES string of the molecule is Cc1ccccc1-c1nn(-c2ccccc2)cc1C(=O)Nc1ccc2c(c1)NC(=O)CO2. The normalized spacial score (nSPS) is 12.5. The summed E-state index contributed by atoms with van der Waals surface area (Å²) in [6, 6.07) is 22.6. The predicted molar refractivity (Wildman–Crippen MR) is 122 cm³/mol. The molecule has 0 aliphatic carbocycles. The number of fused-ring (bicyclic) bond motifs is 1. The molecule has 0 unspecified atom stereocenters. The molecule has 4 aromatic rings. The van der Waals surface area contributed by atoms with E-state index in [9.17, 15) is 9.59 Å². The van der Waals surface area contributed by atoms with Gasteiger partial charge in [0.25, 0.3) is 11.8 Å². The van der Waals surface area contributed by atoms with E-state index in [0.717, 1.165) is 16.8 Å². The number of rotatable bonds is 4. The first-order valence-corrected chi connectivity index (χ1v) is 10.2. The molecule has 0 bridgehead atoms. The molecule has 5 rings (SSSR count). The van der Waals surface area contributed by atoms with Gasteiger partial charge in [0.15, 0.2) is 6.61 Å². The summed E-state index contributed by atoms with van der Waals surface area (Å²) in [5.41, 5.74) is 4.88. The van der Waals surface area contributed by atoms with Crippen molar-refractivity contribution in [3.8, 4) is 22.7 Å². The van der Waals surface area contributed by atoms with Crippen LogP contribution in [0.1, 0.15) is 15.9 Å². The molecule has 2 N–H and O–H groups in total. The average Bonchev–Trinajstić information content (AvgIpc) is 3.25. The van der Waals surface area contributed by atoms with Crippen molar-refractivity contribution in [1.29, 1.82) is 0 Å². The van der Waals surface area contributed by atoms with E-state index in [1.54, 1.807) is 29.1 Å². The highest BCUT2D eigenvalue weighted by Gasteiger charge is 2.21. The van der Waals surface area contributed by atoms with E-state index in [-0.39, 0.29) is 18.4 Å². The molecule has 32 heavy (non-hydrogen) atoms. The minimum Gasteiger partial charge on any atom is -0.482 e. The number of carbonyl (C=O) groups is 2. The zero-order valence-corrected chi connectivity index (χ0v) is 17.3. The minimum atomic E-state index is -0.298. The van der Waals surface area contributed by atoms with Crippen LogP contribution in [0.4, 0.5) is 11.4 Å². The van der Waals surface area contributed by atoms with Gasteiger partial charge in [-0.15, -0.1) is 0 Å². The fourth-order valence-electron chi connectivity index (χ4n) is 3.65. The van der Waals surface area contributed by atoms with E-state index >= 15 is 0 Å². The molecule has 2 amide bonds. The molecule has 0 saturated heterocycles. The summed E-state index contributed by atoms with van der Waals surface area (Å²) in [6.45, 7) is 1.97. The van der Waals surface area contributed by atoms with Crippen molar-refractivity contribution >= 4 is 23.2 Å². The van der Waals surface area contributed by atoms with E-state index < -0.39 is 0 Å². The van der Waals surface area contributed by atoms with Crippen LogP contribution in [0, 0.1) is 6.92 Å². The second-order valence-electron chi connectivity index (χ2n) is 7.49. The summed E-state index contributed by atoms with van der Waals surface area (Å²) in [5, 5.41) is 10.4. The highest BCUT2D eigenvalue weighted by atomic mass is 16.5. The summed E-state index contributed by atoms with van der Waals surface area (Å²) in [5.74, 6) is 0.0421. The number of aryl methyl sites for hydroxylation is 1. The minimum absolute atomic E-state index is 0.0167. The molecule has 3 aromatic carbocycles. The number of nitrogens with zero attached hydrogens (tertiary/aromatic N) is 2. The molecule has 1 aromatic heterocycles. The maximum Gasteiger partial charge on any atom is 0.262 e. The number of hydrogen-bond donors (Lipinski definition) is 2. The van der Waals surface area contributed by atoms with Crippen LogP contribution in [-0.2, 0) is 4.79 Å². The molecule has 7 heteroatoms. The Kier molecular flexibility index (Phi) is 4.91. The largest absolute Gasteiger partial charge is 0.482 e. The summed E-state index contributed by atoms with van der Waals surface area (Å²) >= 11 is 0. The Balaban J connectivity index is 1.53. The first-order valence-electron chi connectivity index (χ1n) is 10.2. The van der Waals surface area contributed by atoms with E-state index in [1.165, 1.54) is 0 Å². The molecular formula is C25H20N4O3. The van der Waals surface area contributed by atoms with E-state index in [4.69, 9.17) is 9.84 Å². The quantitative estimate of drug-likeness (QED) is 0.508. The number of carbonyl (C=O) groups excluding carboxylic acids is 2. The van der Waals surface area contributed by atoms with Crippen molar-refractivity contribution in [2.45, 2.75) is 6.92 Å². The fourth-order valence-corrected chi connectivity index (χ4v) is 3.65. The van der Waals surface area contributed by atoms with Crippen molar-refractivity contribution in [3.05, 3.63) is 90.1 Å². The van der Waals surface area contributed by atoms with Gasteiger partial charge in [0, 0.05) is 17.4 Å². The summed E-state index contributed by atoms with van der Waals surface area (Å²) in [4.78, 5) is 24.9. The van der Waals surface area contributed by atoms with Gasteiger partial charge in [-0.05, 0) is 42.8 Å². The molecule has 2 heterocycles. The maximum atomic E-state index is 13.3. The van der Waals surface area contributed by atoms with Crippen LogP contribution in [-0.4, -0.2) is 28.2 Å². The molecule has 0 saturated carbocycles. The molecule has 7 nitrogen and oxygen atoms in total. The van der Waals surface area contributed by atoms with Gasteiger partial charge in [-0.1, -0.05) is 42.5 Å². The standard InChI is InChI=1S/C25H20N4O3/c1-16-7-5-6-10-19(16)24-20(14-29(28-24)18-8-3-2-4-9-18)25(31)26-17-11-12-22-21(13-17)27-23(30)15-32-22/h2-14H,15H2,1H3,(H,26,31)(H,27,30). The van der Waals surface area contributed by atoms with Crippen LogP contribution < -0.4 is 15.4 Å². The Morgan fingerprint density at radius 3 is 2.66 bits per heavy atom. The highest BCUT2D eigenvalue weighted by molar-refractivity contribution is 6.08. The van der Waals surface area contributed by atoms with Crippen LogP contribution in [0.2, 0.25) is 0 Å². The van der Waals surface area contributed by atoms with E-state index in [0.29, 0.717) is 28.4 Å². The van der Waals surface area contributed by atoms with Crippen molar-refractivity contribution in [2.75, 3.05) is 17.2 Å². The van der Waals surface area contributed by atoms with Crippen LogP contribution in [0.25, 0.3) is 16.9 Å². The lowest BCUT2D eigenvalue weighted by Crippen LogP contribution is -2.25. The van der Waals surface area contributed by atoms with Gasteiger partial charge in [-0.25, -0.2) is 4.68 Å². The monoisotopic (exact) mass is 424 g/mol. The van der Waals surface area contributed by atoms with Gasteiger partial charge in [0.1, 0.15) is 11.4 Å². The molecular weight excluding hydrogens is 404 g/mol. The van der Waals surface area contributed by atoms with Gasteiger partial charge in [0.2, 0.25) is 0 Å². The Labute approximate surface area is 184 Å². The zero-order chi connectivity index (χ0) is 22.1. The van der Waals surface area contributed by atoms with Crippen molar-refractivity contribution < 1.29 is 14.3 Å². The van der Waals surface area contributed by atoms with E-state index in [1.807, 2.05) is 61.5 Å². The number of anilines is 2. The van der Waals surface area contributed by atoms with Crippen LogP contribution in [0.3, 0.4) is 0 Å². The summed E-state index contributed by atoms with van der Waals surface area (Å²) in [7, 11) is 0. The third kappa shape index (κ3) is 3.72. The molecule has 1 aliphatic heterocycles. The van der Waals surface area contributed by atoms with Gasteiger partial charge in [0.05, 0.1) is 16.9 Å². The Morgan fingerprint density at radius 1 is 1.06 bits per heavy atom. The predicted octanol–water partition coefficient (Wildman–Crippen LogP) is 4.43. The lowest BCUT2D eigenvalue weighted by atomic mass is 10.0. The second-order valence-corrected chi connectivity index (χ2v) is 7.49. The molecule has 0 spiro atoms. The molecule has 0 fully saturated rings. The summed E-state index contributed by atoms with van der Waals surface area (Å²) < 4.78 is 7.09. The number of benzene rings is 3. The topological polar surface area (TPSA) is 85.3 Å². The first kappa shape index (κ1) is 19.6. The lowest BCUT2D eigenvalue weighted by Gasteiger charge is -2.18. The number of amides is 2. The molecule has 158 valence electrons. The molecule has 1 aliphatic rings. The summed E-state index contributed by atoms with van der Waals surface area (Å²) in [6.07, 6.45) is 1.73. The fraction of sp³-hybridized carbons (Fsp3) is 0.0800. The number of nitrogens with one attached hydrogen (secondary N) is 2. The van der Waals surface area contributed by atoms with Gasteiger partial charge < -0.3 is 15.4 Å². The number of ether oxygens (including phenoxy) is 1.